The first-order valence-corrected chi connectivity index (χ1v) is 17.0. The van der Waals surface area contributed by atoms with Crippen LogP contribution in [0.2, 0.25) is 0 Å². The second kappa shape index (κ2) is 16.2. The molecule has 4 aromatic carbocycles. The molecule has 5 N–H and O–H groups in total. The van der Waals surface area contributed by atoms with Crippen molar-refractivity contribution in [3.63, 3.8) is 0 Å². The molecular formula is C42H42N4O7. The average Bonchev–Trinajstić information content (AvgIpc) is 3.14. The number of fused-ring (bicyclic) bond motifs is 1. The van der Waals surface area contributed by atoms with Crippen molar-refractivity contribution in [3.05, 3.63) is 147 Å². The molecule has 0 saturated heterocycles. The number of rotatable bonds is 14. The van der Waals surface area contributed by atoms with Crippen molar-refractivity contribution < 1.29 is 29.0 Å². The van der Waals surface area contributed by atoms with Crippen LogP contribution in [-0.2, 0) is 44.0 Å². The molecule has 0 saturated carbocycles. The van der Waals surface area contributed by atoms with Gasteiger partial charge in [0.1, 0.15) is 17.5 Å². The number of ether oxygens (including phenoxy) is 1. The number of nitrogens with zero attached hydrogens (tertiary/aromatic N) is 1. The van der Waals surface area contributed by atoms with Crippen LogP contribution in [-0.4, -0.2) is 46.5 Å². The second-order valence-corrected chi connectivity index (χ2v) is 13.4. The number of nitrogens with one attached hydrogen (secondary N) is 2. The van der Waals surface area contributed by atoms with Gasteiger partial charge < -0.3 is 30.8 Å². The number of hydrogen-bond acceptors (Lipinski definition) is 6. The van der Waals surface area contributed by atoms with Gasteiger partial charge in [-0.25, -0.2) is 0 Å². The third-order valence-corrected chi connectivity index (χ3v) is 9.25. The summed E-state index contributed by atoms with van der Waals surface area (Å²) in [6.45, 7) is 4.99. The molecular weight excluding hydrogens is 672 g/mol. The Balaban J connectivity index is 1.48. The number of pyridine rings is 1. The standard InChI is InChI=1S/C42H42N4O7/c1-26-32(15-20-36(43)47)25-46(24-28-12-18-34(53-4)19-13-28)40(50)38(26)45-39(49)35(22-27-10-16-33(17-11-27)42(2,3)41(51)52)44-37(48)23-29-9-14-30-7-5-6-8-31(30)21-29/h5-21,25,35H,22-24H2,1-4H3,(H2,43,47)(H,44,48)(H,45,49)(H,51,52)/b20-15+/t35-/m1/s1. The van der Waals surface area contributed by atoms with E-state index in [2.05, 4.69) is 10.6 Å². The highest BCUT2D eigenvalue weighted by molar-refractivity contribution is 5.99. The maximum Gasteiger partial charge on any atom is 0.313 e. The van der Waals surface area contributed by atoms with E-state index in [1.807, 2.05) is 54.6 Å². The molecule has 272 valence electrons. The van der Waals surface area contributed by atoms with Crippen molar-refractivity contribution in [1.29, 1.82) is 0 Å². The lowest BCUT2D eigenvalue weighted by Crippen LogP contribution is -2.46. The van der Waals surface area contributed by atoms with Gasteiger partial charge in [-0.3, -0.25) is 24.0 Å². The summed E-state index contributed by atoms with van der Waals surface area (Å²) in [5.41, 5.74) is 7.36. The van der Waals surface area contributed by atoms with Gasteiger partial charge in [0.05, 0.1) is 25.5 Å². The summed E-state index contributed by atoms with van der Waals surface area (Å²) in [4.78, 5) is 65.1. The van der Waals surface area contributed by atoms with Crippen LogP contribution in [0, 0.1) is 6.92 Å². The molecule has 5 rings (SSSR count). The normalized spacial score (nSPS) is 12.0. The minimum atomic E-state index is -1.14. The number of anilines is 1. The number of aliphatic carboxylic acids is 1. The number of nitrogens with two attached hydrogens (primary N) is 1. The predicted molar refractivity (Wildman–Crippen MR) is 205 cm³/mol. The van der Waals surface area contributed by atoms with Gasteiger partial charge in [0, 0.05) is 18.7 Å². The minimum absolute atomic E-state index is 0.00143. The fourth-order valence-electron chi connectivity index (χ4n) is 5.92. The molecule has 0 bridgehead atoms. The van der Waals surface area contributed by atoms with E-state index in [0.717, 1.165) is 21.9 Å². The first-order valence-electron chi connectivity index (χ1n) is 17.0. The van der Waals surface area contributed by atoms with E-state index >= 15 is 0 Å². The number of carbonyl (C=O) groups is 4. The third kappa shape index (κ3) is 9.25. The quantitative estimate of drug-likeness (QED) is 0.116. The zero-order valence-electron chi connectivity index (χ0n) is 30.0. The van der Waals surface area contributed by atoms with E-state index in [-0.39, 0.29) is 25.1 Å². The zero-order chi connectivity index (χ0) is 38.3. The molecule has 0 unspecified atom stereocenters. The van der Waals surface area contributed by atoms with Gasteiger partial charge in [0.15, 0.2) is 0 Å². The largest absolute Gasteiger partial charge is 0.497 e. The van der Waals surface area contributed by atoms with Crippen LogP contribution in [0.4, 0.5) is 5.69 Å². The summed E-state index contributed by atoms with van der Waals surface area (Å²) in [5.74, 6) is -2.06. The number of carboxylic acid groups (broad SMARTS) is 1. The molecule has 11 heteroatoms. The highest BCUT2D eigenvalue weighted by Gasteiger charge is 2.30. The summed E-state index contributed by atoms with van der Waals surface area (Å²) in [5, 5.41) is 17.3. The number of aromatic nitrogens is 1. The number of benzene rings is 4. The molecule has 53 heavy (non-hydrogen) atoms. The molecule has 0 radical (unpaired) electrons. The maximum absolute atomic E-state index is 14.2. The van der Waals surface area contributed by atoms with Crippen LogP contribution < -0.4 is 26.7 Å². The number of hydrogen-bond donors (Lipinski definition) is 4. The lowest BCUT2D eigenvalue weighted by molar-refractivity contribution is -0.142. The van der Waals surface area contributed by atoms with Crippen molar-refractivity contribution in [2.45, 2.75) is 51.6 Å². The summed E-state index contributed by atoms with van der Waals surface area (Å²) in [6, 6.07) is 26.4. The molecule has 0 aliphatic carbocycles. The molecule has 3 amide bonds. The Morgan fingerprint density at radius 2 is 1.55 bits per heavy atom. The minimum Gasteiger partial charge on any atom is -0.497 e. The van der Waals surface area contributed by atoms with E-state index in [9.17, 15) is 29.1 Å². The third-order valence-electron chi connectivity index (χ3n) is 9.25. The van der Waals surface area contributed by atoms with E-state index in [4.69, 9.17) is 10.5 Å². The first kappa shape index (κ1) is 37.8. The van der Waals surface area contributed by atoms with Crippen molar-refractivity contribution in [3.8, 4) is 5.75 Å². The predicted octanol–water partition coefficient (Wildman–Crippen LogP) is 5.14. The average molecular weight is 715 g/mol. The van der Waals surface area contributed by atoms with Crippen molar-refractivity contribution >= 4 is 46.2 Å². The molecule has 1 atom stereocenters. The number of methoxy groups -OCH3 is 1. The summed E-state index contributed by atoms with van der Waals surface area (Å²) >= 11 is 0. The van der Waals surface area contributed by atoms with Gasteiger partial charge >= 0.3 is 5.97 Å². The van der Waals surface area contributed by atoms with E-state index in [1.165, 1.54) is 16.7 Å². The van der Waals surface area contributed by atoms with Crippen LogP contribution in [0.3, 0.4) is 0 Å². The Morgan fingerprint density at radius 3 is 2.19 bits per heavy atom. The SMILES string of the molecule is COc1ccc(Cn2cc(/C=C/C(N)=O)c(C)c(NC(=O)[C@@H](Cc3ccc(C(C)(C)C(=O)O)cc3)NC(=O)Cc3ccc4ccccc4c3)c2=O)cc1. The molecule has 0 fully saturated rings. The van der Waals surface area contributed by atoms with Gasteiger partial charge in [-0.05, 0) is 83.1 Å². The Hall–Kier alpha value is -6.49. The topological polar surface area (TPSA) is 170 Å². The zero-order valence-corrected chi connectivity index (χ0v) is 30.0. The molecule has 1 heterocycles. The molecule has 5 aromatic rings. The van der Waals surface area contributed by atoms with Crippen molar-refractivity contribution in [2.75, 3.05) is 12.4 Å². The molecule has 0 spiro atoms. The van der Waals surface area contributed by atoms with Crippen molar-refractivity contribution in [1.82, 2.24) is 9.88 Å². The van der Waals surface area contributed by atoms with Crippen LogP contribution >= 0.6 is 0 Å². The smallest absolute Gasteiger partial charge is 0.313 e. The summed E-state index contributed by atoms with van der Waals surface area (Å²) < 4.78 is 6.66. The van der Waals surface area contributed by atoms with Crippen molar-refractivity contribution in [2.24, 2.45) is 5.73 Å². The van der Waals surface area contributed by atoms with Crippen LogP contribution in [0.15, 0.2) is 108 Å². The number of carboxylic acids is 1. The summed E-state index contributed by atoms with van der Waals surface area (Å²) in [7, 11) is 1.56. The van der Waals surface area contributed by atoms with Crippen LogP contribution in [0.25, 0.3) is 16.8 Å². The van der Waals surface area contributed by atoms with Gasteiger partial charge in [-0.15, -0.1) is 0 Å². The fourth-order valence-corrected chi connectivity index (χ4v) is 5.92. The number of amides is 3. The lowest BCUT2D eigenvalue weighted by atomic mass is 9.84. The Morgan fingerprint density at radius 1 is 0.906 bits per heavy atom. The Kier molecular flexibility index (Phi) is 11.6. The summed E-state index contributed by atoms with van der Waals surface area (Å²) in [6.07, 6.45) is 4.27. The molecule has 1 aromatic heterocycles. The van der Waals surface area contributed by atoms with E-state index < -0.39 is 40.7 Å². The van der Waals surface area contributed by atoms with Gasteiger partial charge in [-0.1, -0.05) is 78.9 Å². The second-order valence-electron chi connectivity index (χ2n) is 13.4. The highest BCUT2D eigenvalue weighted by atomic mass is 16.5. The van der Waals surface area contributed by atoms with Gasteiger partial charge in [0.25, 0.3) is 5.56 Å². The lowest BCUT2D eigenvalue weighted by Gasteiger charge is -2.22. The first-order chi connectivity index (χ1) is 25.2. The number of primary amides is 1. The molecule has 0 aliphatic rings. The highest BCUT2D eigenvalue weighted by Crippen LogP contribution is 2.25. The monoisotopic (exact) mass is 714 g/mol. The number of carbonyl (C=O) groups excluding carboxylic acids is 3. The van der Waals surface area contributed by atoms with E-state index in [1.54, 1.807) is 70.5 Å². The Bertz CT molecular complexity index is 2260. The fraction of sp³-hybridized carbons (Fsp3) is 0.214. The maximum atomic E-state index is 14.2. The van der Waals surface area contributed by atoms with Gasteiger partial charge in [0.2, 0.25) is 17.7 Å². The van der Waals surface area contributed by atoms with Gasteiger partial charge in [-0.2, -0.15) is 0 Å². The van der Waals surface area contributed by atoms with Crippen LogP contribution in [0.1, 0.15) is 47.2 Å². The molecule has 11 nitrogen and oxygen atoms in total. The molecule has 0 aliphatic heterocycles. The van der Waals surface area contributed by atoms with Crippen LogP contribution in [0.5, 0.6) is 5.75 Å². The Labute approximate surface area is 307 Å². The van der Waals surface area contributed by atoms with E-state index in [0.29, 0.717) is 28.0 Å².